The summed E-state index contributed by atoms with van der Waals surface area (Å²) < 4.78 is 6.10. The molecule has 0 unspecified atom stereocenters. The number of carbonyl (C=O) groups is 1. The lowest BCUT2D eigenvalue weighted by molar-refractivity contribution is -0.384. The molecule has 0 fully saturated rings. The zero-order valence-electron chi connectivity index (χ0n) is 13.4. The molecular formula is C17H15N3O5. The van der Waals surface area contributed by atoms with Gasteiger partial charge in [0.25, 0.3) is 5.69 Å². The van der Waals surface area contributed by atoms with Gasteiger partial charge in [0.1, 0.15) is 6.54 Å². The molecule has 1 aromatic heterocycles. The molecular weight excluding hydrogens is 326 g/mol. The van der Waals surface area contributed by atoms with Crippen molar-refractivity contribution in [3.05, 3.63) is 74.3 Å². The third-order valence-electron chi connectivity index (χ3n) is 3.90. The second-order valence-corrected chi connectivity index (χ2v) is 5.57. The van der Waals surface area contributed by atoms with Crippen molar-refractivity contribution in [1.29, 1.82) is 0 Å². The van der Waals surface area contributed by atoms with Gasteiger partial charge in [-0.3, -0.25) is 19.5 Å². The van der Waals surface area contributed by atoms with Crippen LogP contribution in [0.1, 0.15) is 11.1 Å². The summed E-state index contributed by atoms with van der Waals surface area (Å²) in [6.07, 6.45) is 0. The minimum atomic E-state index is -0.735. The van der Waals surface area contributed by atoms with E-state index in [1.54, 1.807) is 0 Å². The van der Waals surface area contributed by atoms with Crippen LogP contribution in [0.4, 0.5) is 5.69 Å². The van der Waals surface area contributed by atoms with Gasteiger partial charge in [0.2, 0.25) is 5.91 Å². The lowest BCUT2D eigenvalue weighted by Crippen LogP contribution is -2.30. The predicted molar refractivity (Wildman–Crippen MR) is 90.2 cm³/mol. The fourth-order valence-corrected chi connectivity index (χ4v) is 2.52. The summed E-state index contributed by atoms with van der Waals surface area (Å²) in [5.74, 6) is -1.12. The Labute approximate surface area is 141 Å². The predicted octanol–water partition coefficient (Wildman–Crippen LogP) is 2.13. The molecule has 0 aliphatic rings. The number of non-ortho nitro benzene ring substituents is 1. The van der Waals surface area contributed by atoms with E-state index in [4.69, 9.17) is 4.42 Å². The van der Waals surface area contributed by atoms with Crippen LogP contribution >= 0.6 is 0 Å². The van der Waals surface area contributed by atoms with E-state index < -0.39 is 10.7 Å². The quantitative estimate of drug-likeness (QED) is 0.565. The van der Waals surface area contributed by atoms with Gasteiger partial charge in [-0.15, -0.1) is 0 Å². The first-order valence-corrected chi connectivity index (χ1v) is 7.54. The Balaban J connectivity index is 1.80. The summed E-state index contributed by atoms with van der Waals surface area (Å²) in [5.41, 5.74) is 2.25. The number of carbonyl (C=O) groups excluding carboxylic acids is 1. The second kappa shape index (κ2) is 6.60. The summed E-state index contributed by atoms with van der Waals surface area (Å²) in [6, 6.07) is 11.4. The van der Waals surface area contributed by atoms with Crippen LogP contribution in [0.25, 0.3) is 11.1 Å². The molecule has 8 heteroatoms. The fraction of sp³-hybridized carbons (Fsp3) is 0.176. The number of nitro groups is 1. The highest BCUT2D eigenvalue weighted by Crippen LogP contribution is 2.20. The largest absolute Gasteiger partial charge is 0.420 e. The van der Waals surface area contributed by atoms with Gasteiger partial charge in [0.15, 0.2) is 5.58 Å². The average Bonchev–Trinajstić information content (AvgIpc) is 2.89. The Morgan fingerprint density at radius 1 is 1.28 bits per heavy atom. The monoisotopic (exact) mass is 341 g/mol. The van der Waals surface area contributed by atoms with E-state index in [-0.39, 0.29) is 29.2 Å². The summed E-state index contributed by atoms with van der Waals surface area (Å²) >= 11 is 0. The number of nitrogens with zero attached hydrogens (tertiary/aromatic N) is 2. The van der Waals surface area contributed by atoms with E-state index in [2.05, 4.69) is 5.32 Å². The number of rotatable bonds is 5. The molecule has 0 aliphatic carbocycles. The number of hydrogen-bond acceptors (Lipinski definition) is 5. The van der Waals surface area contributed by atoms with Crippen LogP contribution in [-0.2, 0) is 17.9 Å². The standard InChI is InChI=1S/C17H15N3O5/c1-11-4-2-3-5-12(11)9-18-16(21)10-19-14-8-13(20(23)24)6-7-15(14)25-17(19)22/h2-8H,9-10H2,1H3,(H,18,21). The maximum Gasteiger partial charge on any atom is 0.420 e. The maximum atomic E-state index is 12.2. The third-order valence-corrected chi connectivity index (χ3v) is 3.90. The van der Waals surface area contributed by atoms with Crippen molar-refractivity contribution in [3.63, 3.8) is 0 Å². The van der Waals surface area contributed by atoms with Crippen molar-refractivity contribution in [2.75, 3.05) is 0 Å². The molecule has 1 N–H and O–H groups in total. The molecule has 1 amide bonds. The van der Waals surface area contributed by atoms with Crippen LogP contribution in [0.5, 0.6) is 0 Å². The van der Waals surface area contributed by atoms with Crippen molar-refractivity contribution < 1.29 is 14.1 Å². The molecule has 25 heavy (non-hydrogen) atoms. The number of aromatic nitrogens is 1. The minimum absolute atomic E-state index is 0.178. The highest BCUT2D eigenvalue weighted by atomic mass is 16.6. The Bertz CT molecular complexity index is 1020. The normalized spacial score (nSPS) is 10.8. The Hall–Kier alpha value is -3.42. The van der Waals surface area contributed by atoms with Crippen LogP contribution in [0.2, 0.25) is 0 Å². The van der Waals surface area contributed by atoms with Crippen molar-refractivity contribution in [2.45, 2.75) is 20.0 Å². The first-order valence-electron chi connectivity index (χ1n) is 7.54. The summed E-state index contributed by atoms with van der Waals surface area (Å²) in [5, 5.41) is 13.6. The lowest BCUT2D eigenvalue weighted by atomic mass is 10.1. The van der Waals surface area contributed by atoms with Gasteiger partial charge in [-0.1, -0.05) is 24.3 Å². The number of oxazole rings is 1. The smallest absolute Gasteiger partial charge is 0.408 e. The molecule has 0 spiro atoms. The Morgan fingerprint density at radius 3 is 2.76 bits per heavy atom. The molecule has 1 heterocycles. The first kappa shape index (κ1) is 16.4. The van der Waals surface area contributed by atoms with E-state index in [0.29, 0.717) is 6.54 Å². The SMILES string of the molecule is Cc1ccccc1CNC(=O)Cn1c(=O)oc2ccc([N+](=O)[O-])cc21. The highest BCUT2D eigenvalue weighted by Gasteiger charge is 2.16. The van der Waals surface area contributed by atoms with Crippen molar-refractivity contribution >= 4 is 22.7 Å². The highest BCUT2D eigenvalue weighted by molar-refractivity contribution is 5.80. The lowest BCUT2D eigenvalue weighted by Gasteiger charge is -2.08. The van der Waals surface area contributed by atoms with E-state index >= 15 is 0 Å². The maximum absolute atomic E-state index is 12.2. The molecule has 0 aliphatic heterocycles. The van der Waals surface area contributed by atoms with Gasteiger partial charge in [-0.25, -0.2) is 4.79 Å². The molecule has 3 aromatic rings. The molecule has 0 atom stereocenters. The molecule has 0 saturated carbocycles. The van der Waals surface area contributed by atoms with Gasteiger partial charge in [-0.2, -0.15) is 0 Å². The summed E-state index contributed by atoms with van der Waals surface area (Å²) in [4.78, 5) is 34.4. The van der Waals surface area contributed by atoms with Crippen molar-refractivity contribution in [3.8, 4) is 0 Å². The number of benzene rings is 2. The van der Waals surface area contributed by atoms with Crippen LogP contribution in [0.3, 0.4) is 0 Å². The van der Waals surface area contributed by atoms with E-state index in [1.807, 2.05) is 31.2 Å². The molecule has 0 bridgehead atoms. The van der Waals surface area contributed by atoms with Gasteiger partial charge >= 0.3 is 5.76 Å². The molecule has 128 valence electrons. The Morgan fingerprint density at radius 2 is 2.04 bits per heavy atom. The summed E-state index contributed by atoms with van der Waals surface area (Å²) in [6.45, 7) is 1.99. The van der Waals surface area contributed by atoms with Crippen LogP contribution in [-0.4, -0.2) is 15.4 Å². The van der Waals surface area contributed by atoms with Crippen LogP contribution in [0, 0.1) is 17.0 Å². The van der Waals surface area contributed by atoms with E-state index in [1.165, 1.54) is 18.2 Å². The number of amides is 1. The van der Waals surface area contributed by atoms with Gasteiger partial charge in [0.05, 0.1) is 10.4 Å². The van der Waals surface area contributed by atoms with E-state index in [9.17, 15) is 19.7 Å². The number of nitro benzene ring substituents is 1. The van der Waals surface area contributed by atoms with Gasteiger partial charge in [-0.05, 0) is 24.1 Å². The third kappa shape index (κ3) is 3.42. The molecule has 0 radical (unpaired) electrons. The number of hydrogen-bond donors (Lipinski definition) is 1. The van der Waals surface area contributed by atoms with Crippen molar-refractivity contribution in [2.24, 2.45) is 0 Å². The molecule has 2 aromatic carbocycles. The first-order chi connectivity index (χ1) is 12.0. The molecule has 8 nitrogen and oxygen atoms in total. The minimum Gasteiger partial charge on any atom is -0.408 e. The van der Waals surface area contributed by atoms with Crippen LogP contribution in [0.15, 0.2) is 51.7 Å². The molecule has 0 saturated heterocycles. The van der Waals surface area contributed by atoms with Crippen molar-refractivity contribution in [1.82, 2.24) is 9.88 Å². The fourth-order valence-electron chi connectivity index (χ4n) is 2.52. The topological polar surface area (TPSA) is 107 Å². The number of fused-ring (bicyclic) bond motifs is 1. The average molecular weight is 341 g/mol. The second-order valence-electron chi connectivity index (χ2n) is 5.57. The van der Waals surface area contributed by atoms with E-state index in [0.717, 1.165) is 15.7 Å². The van der Waals surface area contributed by atoms with Gasteiger partial charge < -0.3 is 9.73 Å². The zero-order chi connectivity index (χ0) is 18.0. The van der Waals surface area contributed by atoms with Gasteiger partial charge in [0, 0.05) is 18.7 Å². The Kier molecular flexibility index (Phi) is 4.34. The number of aryl methyl sites for hydroxylation is 1. The molecule has 3 rings (SSSR count). The zero-order valence-corrected chi connectivity index (χ0v) is 13.4. The number of nitrogens with one attached hydrogen (secondary N) is 1. The van der Waals surface area contributed by atoms with Crippen LogP contribution < -0.4 is 11.1 Å². The summed E-state index contributed by atoms with van der Waals surface area (Å²) in [7, 11) is 0.